The Morgan fingerprint density at radius 3 is 2.50 bits per heavy atom. The largest absolute Gasteiger partial charge is 0.493 e. The van der Waals surface area contributed by atoms with Crippen LogP contribution >= 0.6 is 0 Å². The van der Waals surface area contributed by atoms with E-state index in [4.69, 9.17) is 14.7 Å². The Bertz CT molecular complexity index is 575. The Balaban J connectivity index is 2.44. The monoisotopic (exact) mass is 303 g/mol. The molecular weight excluding hydrogens is 276 g/mol. The molecule has 1 aromatic rings. The van der Waals surface area contributed by atoms with E-state index in [0.29, 0.717) is 12.5 Å². The van der Waals surface area contributed by atoms with E-state index in [2.05, 4.69) is 39.1 Å². The standard InChI is InChI=1S/C18H26N2O2/c1-18(2)12-13-10-16(21-4)17(22-5)11-14(13)15(20(18)3)8-6-7-9-19/h10-11,15H,6-8,12H2,1-5H3/p+1. The fourth-order valence-electron chi connectivity index (χ4n) is 3.49. The van der Waals surface area contributed by atoms with Crippen LogP contribution in [0.25, 0.3) is 0 Å². The lowest BCUT2D eigenvalue weighted by Crippen LogP contribution is -3.18. The van der Waals surface area contributed by atoms with Crippen molar-refractivity contribution in [2.24, 2.45) is 0 Å². The van der Waals surface area contributed by atoms with Crippen LogP contribution in [0.4, 0.5) is 0 Å². The topological polar surface area (TPSA) is 46.7 Å². The Labute approximate surface area is 133 Å². The van der Waals surface area contributed by atoms with Gasteiger partial charge in [0, 0.05) is 24.8 Å². The number of hydrogen-bond acceptors (Lipinski definition) is 3. The van der Waals surface area contributed by atoms with Crippen molar-refractivity contribution in [2.75, 3.05) is 21.3 Å². The summed E-state index contributed by atoms with van der Waals surface area (Å²) in [7, 11) is 5.62. The number of fused-ring (bicyclic) bond motifs is 1. The molecule has 0 saturated carbocycles. The van der Waals surface area contributed by atoms with Gasteiger partial charge >= 0.3 is 0 Å². The minimum Gasteiger partial charge on any atom is -0.493 e. The van der Waals surface area contributed by atoms with Crippen molar-refractivity contribution in [1.82, 2.24) is 0 Å². The van der Waals surface area contributed by atoms with Crippen molar-refractivity contribution in [3.8, 4) is 17.6 Å². The highest BCUT2D eigenvalue weighted by atomic mass is 16.5. The number of ether oxygens (including phenoxy) is 2. The van der Waals surface area contributed by atoms with Gasteiger partial charge in [-0.2, -0.15) is 5.26 Å². The van der Waals surface area contributed by atoms with Gasteiger partial charge in [0.15, 0.2) is 11.5 Å². The summed E-state index contributed by atoms with van der Waals surface area (Å²) in [5.74, 6) is 1.59. The molecule has 0 bridgehead atoms. The van der Waals surface area contributed by atoms with Gasteiger partial charge < -0.3 is 14.4 Å². The van der Waals surface area contributed by atoms with Crippen LogP contribution in [0.3, 0.4) is 0 Å². The lowest BCUT2D eigenvalue weighted by molar-refractivity contribution is -0.963. The van der Waals surface area contributed by atoms with Crippen LogP contribution in [0.1, 0.15) is 50.3 Å². The average molecular weight is 303 g/mol. The molecule has 0 radical (unpaired) electrons. The van der Waals surface area contributed by atoms with Gasteiger partial charge in [-0.1, -0.05) is 0 Å². The first-order chi connectivity index (χ1) is 10.4. The lowest BCUT2D eigenvalue weighted by atomic mass is 9.80. The van der Waals surface area contributed by atoms with Crippen LogP contribution in [0.15, 0.2) is 12.1 Å². The molecule has 1 aliphatic rings. The van der Waals surface area contributed by atoms with E-state index in [1.807, 2.05) is 0 Å². The predicted molar refractivity (Wildman–Crippen MR) is 86.4 cm³/mol. The Morgan fingerprint density at radius 2 is 1.91 bits per heavy atom. The van der Waals surface area contributed by atoms with Crippen LogP contribution in [0.5, 0.6) is 11.5 Å². The SMILES string of the molecule is COc1cc2c(cc1OC)C(CCCC#N)[NH+](C)C(C)(C)C2. The zero-order valence-electron chi connectivity index (χ0n) is 14.3. The van der Waals surface area contributed by atoms with Crippen molar-refractivity contribution in [3.63, 3.8) is 0 Å². The molecule has 0 amide bonds. The molecule has 22 heavy (non-hydrogen) atoms. The fourth-order valence-corrected chi connectivity index (χ4v) is 3.49. The molecule has 0 fully saturated rings. The third kappa shape index (κ3) is 3.05. The van der Waals surface area contributed by atoms with Crippen LogP contribution in [-0.4, -0.2) is 26.8 Å². The number of unbranched alkanes of at least 4 members (excludes halogenated alkanes) is 1. The summed E-state index contributed by atoms with van der Waals surface area (Å²) in [6, 6.07) is 6.90. The summed E-state index contributed by atoms with van der Waals surface area (Å²) in [5, 5.41) is 8.82. The highest BCUT2D eigenvalue weighted by Gasteiger charge is 2.41. The molecule has 1 N–H and O–H groups in total. The van der Waals surface area contributed by atoms with Gasteiger partial charge in [0.1, 0.15) is 6.04 Å². The van der Waals surface area contributed by atoms with Gasteiger partial charge in [-0.3, -0.25) is 0 Å². The highest BCUT2D eigenvalue weighted by Crippen LogP contribution is 2.37. The van der Waals surface area contributed by atoms with Crippen LogP contribution in [0, 0.1) is 11.3 Å². The third-order valence-electron chi connectivity index (χ3n) is 5.02. The first-order valence-electron chi connectivity index (χ1n) is 7.90. The number of nitrogens with one attached hydrogen (secondary N) is 1. The molecule has 2 unspecified atom stereocenters. The zero-order valence-corrected chi connectivity index (χ0v) is 14.3. The summed E-state index contributed by atoms with van der Waals surface area (Å²) in [5.41, 5.74) is 2.85. The van der Waals surface area contributed by atoms with Gasteiger partial charge in [-0.15, -0.1) is 0 Å². The number of rotatable bonds is 5. The first kappa shape index (κ1) is 16.6. The summed E-state index contributed by atoms with van der Waals surface area (Å²) in [4.78, 5) is 1.50. The number of hydrogen-bond donors (Lipinski definition) is 1. The second kappa shape index (κ2) is 6.58. The number of benzene rings is 1. The quantitative estimate of drug-likeness (QED) is 0.849. The average Bonchev–Trinajstić information content (AvgIpc) is 2.49. The van der Waals surface area contributed by atoms with Gasteiger partial charge in [0.25, 0.3) is 0 Å². The molecule has 2 rings (SSSR count). The normalized spacial score (nSPS) is 22.5. The molecule has 120 valence electrons. The number of nitriles is 1. The Morgan fingerprint density at radius 1 is 1.27 bits per heavy atom. The minimum absolute atomic E-state index is 0.171. The summed E-state index contributed by atoms with van der Waals surface area (Å²) in [6.45, 7) is 4.61. The second-order valence-corrected chi connectivity index (χ2v) is 6.75. The van der Waals surface area contributed by atoms with Crippen LogP contribution in [-0.2, 0) is 6.42 Å². The highest BCUT2D eigenvalue weighted by molar-refractivity contribution is 5.49. The van der Waals surface area contributed by atoms with E-state index < -0.39 is 0 Å². The Kier molecular flexibility index (Phi) is 4.97. The molecule has 4 nitrogen and oxygen atoms in total. The number of quaternary nitrogens is 1. The molecule has 4 heteroatoms. The summed E-state index contributed by atoms with van der Waals surface area (Å²) in [6.07, 6.45) is 3.59. The molecule has 0 aliphatic carbocycles. The zero-order chi connectivity index (χ0) is 16.3. The fraction of sp³-hybridized carbons (Fsp3) is 0.611. The molecule has 0 spiro atoms. The van der Waals surface area contributed by atoms with Crippen molar-refractivity contribution in [3.05, 3.63) is 23.3 Å². The molecule has 2 atom stereocenters. The van der Waals surface area contributed by atoms with Crippen molar-refractivity contribution in [1.29, 1.82) is 5.26 Å². The molecule has 1 heterocycles. The molecule has 0 aromatic heterocycles. The molecule has 1 aromatic carbocycles. The van der Waals surface area contributed by atoms with Gasteiger partial charge in [-0.25, -0.2) is 0 Å². The van der Waals surface area contributed by atoms with E-state index in [-0.39, 0.29) is 5.54 Å². The third-order valence-corrected chi connectivity index (χ3v) is 5.02. The molecular formula is C18H27N2O2+. The minimum atomic E-state index is 0.171. The number of likely N-dealkylation sites (N-methyl/N-ethyl adjacent to an activating group) is 1. The molecule has 0 saturated heterocycles. The van der Waals surface area contributed by atoms with Crippen LogP contribution < -0.4 is 14.4 Å². The predicted octanol–water partition coefficient (Wildman–Crippen LogP) is 2.29. The lowest BCUT2D eigenvalue weighted by Gasteiger charge is -2.43. The number of methoxy groups -OCH3 is 2. The number of nitrogens with zero attached hydrogens (tertiary/aromatic N) is 1. The smallest absolute Gasteiger partial charge is 0.161 e. The van der Waals surface area contributed by atoms with E-state index in [1.165, 1.54) is 16.0 Å². The maximum atomic E-state index is 8.82. The van der Waals surface area contributed by atoms with Gasteiger partial charge in [0.2, 0.25) is 0 Å². The summed E-state index contributed by atoms with van der Waals surface area (Å²) < 4.78 is 10.9. The van der Waals surface area contributed by atoms with Crippen molar-refractivity contribution >= 4 is 0 Å². The second-order valence-electron chi connectivity index (χ2n) is 6.75. The van der Waals surface area contributed by atoms with Crippen molar-refractivity contribution < 1.29 is 14.4 Å². The van der Waals surface area contributed by atoms with E-state index in [9.17, 15) is 0 Å². The summed E-state index contributed by atoms with van der Waals surface area (Å²) >= 11 is 0. The van der Waals surface area contributed by atoms with Crippen LogP contribution in [0.2, 0.25) is 0 Å². The van der Waals surface area contributed by atoms with Crippen molar-refractivity contribution in [2.45, 2.75) is 51.1 Å². The Hall–Kier alpha value is -1.73. The maximum Gasteiger partial charge on any atom is 0.161 e. The van der Waals surface area contributed by atoms with Gasteiger partial charge in [-0.05, 0) is 38.0 Å². The molecule has 1 aliphatic heterocycles. The van der Waals surface area contributed by atoms with E-state index in [1.54, 1.807) is 14.2 Å². The van der Waals surface area contributed by atoms with E-state index >= 15 is 0 Å². The maximum absolute atomic E-state index is 8.82. The first-order valence-corrected chi connectivity index (χ1v) is 7.90. The van der Waals surface area contributed by atoms with E-state index in [0.717, 1.165) is 30.8 Å². The van der Waals surface area contributed by atoms with Gasteiger partial charge in [0.05, 0.1) is 32.9 Å².